The Kier molecular flexibility index (Phi) is 3.96. The van der Waals surface area contributed by atoms with E-state index >= 15 is 0 Å². The van der Waals surface area contributed by atoms with Crippen molar-refractivity contribution < 1.29 is 9.53 Å². The minimum Gasteiger partial charge on any atom is -0.372 e. The predicted molar refractivity (Wildman–Crippen MR) is 96.4 cm³/mol. The van der Waals surface area contributed by atoms with Crippen LogP contribution in [-0.2, 0) is 16.1 Å². The van der Waals surface area contributed by atoms with Crippen LogP contribution >= 0.6 is 0 Å². The highest BCUT2D eigenvalue weighted by Crippen LogP contribution is 2.30. The maximum atomic E-state index is 12.1. The first kappa shape index (κ1) is 15.2. The first-order valence-corrected chi connectivity index (χ1v) is 8.39. The smallest absolute Gasteiger partial charge is 0.238 e. The first-order valence-electron chi connectivity index (χ1n) is 8.39. The molecule has 0 bridgehead atoms. The molecule has 1 fully saturated rings. The minimum atomic E-state index is -0.0331. The molecule has 24 heavy (non-hydrogen) atoms. The molecule has 1 atom stereocenters. The van der Waals surface area contributed by atoms with E-state index in [-0.39, 0.29) is 12.0 Å². The summed E-state index contributed by atoms with van der Waals surface area (Å²) in [6.45, 7) is 4.90. The van der Waals surface area contributed by atoms with Crippen molar-refractivity contribution in [2.45, 2.75) is 19.6 Å². The number of nitrogens with one attached hydrogen (secondary N) is 2. The van der Waals surface area contributed by atoms with Crippen molar-refractivity contribution in [1.82, 2.24) is 9.88 Å². The summed E-state index contributed by atoms with van der Waals surface area (Å²) >= 11 is 0. The van der Waals surface area contributed by atoms with Crippen LogP contribution in [-0.4, -0.2) is 36.3 Å². The molecule has 2 heterocycles. The molecule has 5 nitrogen and oxygen atoms in total. The molecule has 0 saturated carbocycles. The van der Waals surface area contributed by atoms with Gasteiger partial charge in [0.2, 0.25) is 5.91 Å². The predicted octanol–water partition coefficient (Wildman–Crippen LogP) is 2.74. The number of ether oxygens (including phenoxy) is 1. The third-order valence-electron chi connectivity index (χ3n) is 4.43. The normalized spacial score (nSPS) is 16.6. The second kappa shape index (κ2) is 6.26. The molecule has 3 aromatic rings. The summed E-state index contributed by atoms with van der Waals surface area (Å²) < 4.78 is 7.41. The average molecular weight is 323 g/mol. The fourth-order valence-corrected chi connectivity index (χ4v) is 3.21. The number of para-hydroxylation sites is 1. The Morgan fingerprint density at radius 2 is 2.00 bits per heavy atom. The second-order valence-electron chi connectivity index (χ2n) is 6.13. The second-order valence-corrected chi connectivity index (χ2v) is 6.13. The molecule has 124 valence electrons. The number of anilines is 1. The van der Waals surface area contributed by atoms with Crippen LogP contribution in [0.2, 0.25) is 0 Å². The standard InChI is InChI=1S/C19H21N3O2/c1-2-22-17-6-4-3-5-15(17)16-9-13(7-8-18(16)22)21-19(23)11-20-10-14-12-24-14/h3-9,14,20H,2,10-12H2,1H3,(H,21,23)/t14-/m0/s1. The fraction of sp³-hybridized carbons (Fsp3) is 0.316. The number of nitrogens with zero attached hydrogens (tertiary/aromatic N) is 1. The van der Waals surface area contributed by atoms with Gasteiger partial charge in [0, 0.05) is 40.6 Å². The molecule has 1 aliphatic rings. The number of aromatic nitrogens is 1. The van der Waals surface area contributed by atoms with Gasteiger partial charge in [-0.05, 0) is 31.2 Å². The molecule has 0 spiro atoms. The Balaban J connectivity index is 1.58. The van der Waals surface area contributed by atoms with Crippen LogP contribution in [0.5, 0.6) is 0 Å². The molecule has 1 aromatic heterocycles. The van der Waals surface area contributed by atoms with E-state index in [9.17, 15) is 4.79 Å². The van der Waals surface area contributed by atoms with Gasteiger partial charge in [-0.1, -0.05) is 18.2 Å². The Labute approximate surface area is 140 Å². The molecule has 2 aromatic carbocycles. The largest absolute Gasteiger partial charge is 0.372 e. The molecule has 5 heteroatoms. The van der Waals surface area contributed by atoms with Crippen molar-refractivity contribution in [2.24, 2.45) is 0 Å². The molecule has 0 aliphatic carbocycles. The van der Waals surface area contributed by atoms with Crippen molar-refractivity contribution in [1.29, 1.82) is 0 Å². The lowest BCUT2D eigenvalue weighted by molar-refractivity contribution is -0.115. The number of benzene rings is 2. The zero-order valence-electron chi connectivity index (χ0n) is 13.7. The molecule has 1 amide bonds. The van der Waals surface area contributed by atoms with Crippen LogP contribution in [0.3, 0.4) is 0 Å². The van der Waals surface area contributed by atoms with Gasteiger partial charge in [-0.2, -0.15) is 0 Å². The van der Waals surface area contributed by atoms with Gasteiger partial charge in [0.05, 0.1) is 19.3 Å². The van der Waals surface area contributed by atoms with E-state index in [1.807, 2.05) is 6.07 Å². The Hall–Kier alpha value is -2.37. The van der Waals surface area contributed by atoms with Gasteiger partial charge < -0.3 is 19.9 Å². The lowest BCUT2D eigenvalue weighted by Gasteiger charge is -2.07. The van der Waals surface area contributed by atoms with Crippen molar-refractivity contribution in [3.05, 3.63) is 42.5 Å². The number of fused-ring (bicyclic) bond motifs is 3. The Morgan fingerprint density at radius 3 is 2.79 bits per heavy atom. The number of hydrogen-bond acceptors (Lipinski definition) is 3. The number of carbonyl (C=O) groups is 1. The lowest BCUT2D eigenvalue weighted by atomic mass is 10.1. The molecular formula is C19H21N3O2. The topological polar surface area (TPSA) is 58.6 Å². The van der Waals surface area contributed by atoms with Crippen molar-refractivity contribution in [3.63, 3.8) is 0 Å². The zero-order valence-corrected chi connectivity index (χ0v) is 13.7. The fourth-order valence-electron chi connectivity index (χ4n) is 3.21. The summed E-state index contributed by atoms with van der Waals surface area (Å²) in [5, 5.41) is 8.46. The highest BCUT2D eigenvalue weighted by Gasteiger charge is 2.21. The Bertz CT molecular complexity index is 896. The highest BCUT2D eigenvalue weighted by atomic mass is 16.6. The van der Waals surface area contributed by atoms with Crippen LogP contribution in [0.15, 0.2) is 42.5 Å². The maximum absolute atomic E-state index is 12.1. The SMILES string of the molecule is CCn1c2ccccc2c2cc(NC(=O)CNC[C@H]3CO3)ccc21. The van der Waals surface area contributed by atoms with E-state index in [4.69, 9.17) is 4.74 Å². The van der Waals surface area contributed by atoms with Gasteiger partial charge >= 0.3 is 0 Å². The molecule has 1 saturated heterocycles. The van der Waals surface area contributed by atoms with E-state index in [0.717, 1.165) is 25.4 Å². The lowest BCUT2D eigenvalue weighted by Crippen LogP contribution is -2.30. The van der Waals surface area contributed by atoms with Crippen LogP contribution < -0.4 is 10.6 Å². The van der Waals surface area contributed by atoms with Crippen molar-refractivity contribution in [2.75, 3.05) is 25.0 Å². The number of epoxide rings is 1. The van der Waals surface area contributed by atoms with Crippen LogP contribution in [0.1, 0.15) is 6.92 Å². The number of rotatable bonds is 6. The van der Waals surface area contributed by atoms with Crippen LogP contribution in [0, 0.1) is 0 Å². The number of carbonyl (C=O) groups excluding carboxylic acids is 1. The third-order valence-corrected chi connectivity index (χ3v) is 4.43. The Morgan fingerprint density at radius 1 is 1.21 bits per heavy atom. The number of amides is 1. The maximum Gasteiger partial charge on any atom is 0.238 e. The molecule has 4 rings (SSSR count). The molecular weight excluding hydrogens is 302 g/mol. The van der Waals surface area contributed by atoms with E-state index < -0.39 is 0 Å². The van der Waals surface area contributed by atoms with Crippen molar-refractivity contribution >= 4 is 33.4 Å². The summed E-state index contributed by atoms with van der Waals surface area (Å²) in [7, 11) is 0. The van der Waals surface area contributed by atoms with Gasteiger partial charge in [0.1, 0.15) is 0 Å². The van der Waals surface area contributed by atoms with Crippen molar-refractivity contribution in [3.8, 4) is 0 Å². The summed E-state index contributed by atoms with van der Waals surface area (Å²) in [5.41, 5.74) is 3.25. The van der Waals surface area contributed by atoms with Gasteiger partial charge in [0.15, 0.2) is 0 Å². The van der Waals surface area contributed by atoms with E-state index in [0.29, 0.717) is 6.54 Å². The van der Waals surface area contributed by atoms with Gasteiger partial charge in [0.25, 0.3) is 0 Å². The molecule has 1 aliphatic heterocycles. The first-order chi connectivity index (χ1) is 11.8. The molecule has 0 unspecified atom stereocenters. The minimum absolute atomic E-state index is 0.0331. The van der Waals surface area contributed by atoms with Crippen LogP contribution in [0.25, 0.3) is 21.8 Å². The van der Waals surface area contributed by atoms with E-state index in [1.54, 1.807) is 0 Å². The monoisotopic (exact) mass is 323 g/mol. The van der Waals surface area contributed by atoms with Crippen LogP contribution in [0.4, 0.5) is 5.69 Å². The molecule has 0 radical (unpaired) electrons. The quantitative estimate of drug-likeness (QED) is 0.686. The summed E-state index contributed by atoms with van der Waals surface area (Å²) in [4.78, 5) is 12.1. The molecule has 2 N–H and O–H groups in total. The summed E-state index contributed by atoms with van der Waals surface area (Å²) in [6.07, 6.45) is 0.286. The average Bonchev–Trinajstić information content (AvgIpc) is 3.36. The van der Waals surface area contributed by atoms with Gasteiger partial charge in [-0.25, -0.2) is 0 Å². The summed E-state index contributed by atoms with van der Waals surface area (Å²) in [6, 6.07) is 14.5. The van der Waals surface area contributed by atoms with E-state index in [2.05, 4.69) is 58.5 Å². The number of hydrogen-bond donors (Lipinski definition) is 2. The zero-order chi connectivity index (χ0) is 16.5. The van der Waals surface area contributed by atoms with E-state index in [1.165, 1.54) is 21.8 Å². The summed E-state index contributed by atoms with van der Waals surface area (Å²) in [5.74, 6) is -0.0331. The van der Waals surface area contributed by atoms with Gasteiger partial charge in [-0.3, -0.25) is 4.79 Å². The van der Waals surface area contributed by atoms with Gasteiger partial charge in [-0.15, -0.1) is 0 Å². The highest BCUT2D eigenvalue weighted by molar-refractivity contribution is 6.09. The number of aryl methyl sites for hydroxylation is 1. The third kappa shape index (κ3) is 2.88.